The van der Waals surface area contributed by atoms with Crippen LogP contribution in [0.25, 0.3) is 0 Å². The first kappa shape index (κ1) is 18.0. The second-order valence-electron chi connectivity index (χ2n) is 8.78. The number of hydrogen-bond acceptors (Lipinski definition) is 4. The maximum absolute atomic E-state index is 13.3. The first-order valence-electron chi connectivity index (χ1n) is 10.7. The van der Waals surface area contributed by atoms with Gasteiger partial charge in [-0.15, -0.1) is 0 Å². The number of nitrogens with zero attached hydrogens (tertiary/aromatic N) is 2. The van der Waals surface area contributed by atoms with E-state index < -0.39 is 5.72 Å². The third-order valence-electron chi connectivity index (χ3n) is 7.42. The van der Waals surface area contributed by atoms with Crippen molar-refractivity contribution >= 4 is 11.8 Å². The minimum atomic E-state index is -0.633. The molecule has 1 spiro atoms. The molecule has 6 rings (SSSR count). The molecule has 6 heteroatoms. The van der Waals surface area contributed by atoms with Crippen LogP contribution in [0.2, 0.25) is 0 Å². The Labute approximate surface area is 166 Å². The van der Waals surface area contributed by atoms with E-state index in [0.717, 1.165) is 58.4 Å². The number of carbonyl (C=O) groups excluding carboxylic acids is 2. The maximum Gasteiger partial charge on any atom is 0.258 e. The number of benzene rings is 1. The fourth-order valence-corrected chi connectivity index (χ4v) is 5.78. The van der Waals surface area contributed by atoms with Gasteiger partial charge in [0, 0.05) is 44.4 Å². The average Bonchev–Trinajstić information content (AvgIpc) is 2.73. The molecule has 2 heterocycles. The van der Waals surface area contributed by atoms with E-state index in [9.17, 15) is 9.59 Å². The van der Waals surface area contributed by atoms with Crippen LogP contribution in [0.5, 0.6) is 5.75 Å². The van der Waals surface area contributed by atoms with Crippen molar-refractivity contribution in [3.8, 4) is 5.75 Å². The Kier molecular flexibility index (Phi) is 4.34. The van der Waals surface area contributed by atoms with Gasteiger partial charge in [-0.3, -0.25) is 9.59 Å². The number of para-hydroxylation sites is 1. The van der Waals surface area contributed by atoms with Gasteiger partial charge in [-0.05, 0) is 43.9 Å². The minimum Gasteiger partial charge on any atom is -0.467 e. The lowest BCUT2D eigenvalue weighted by molar-refractivity contribution is -0.156. The van der Waals surface area contributed by atoms with Crippen molar-refractivity contribution in [2.75, 3.05) is 32.7 Å². The molecule has 3 saturated carbocycles. The number of hydrogen-bond donors (Lipinski definition) is 1. The highest BCUT2D eigenvalue weighted by Gasteiger charge is 2.57. The van der Waals surface area contributed by atoms with Gasteiger partial charge in [0.2, 0.25) is 5.91 Å². The first-order chi connectivity index (χ1) is 13.6. The summed E-state index contributed by atoms with van der Waals surface area (Å²) in [6.07, 6.45) is 3.63. The summed E-state index contributed by atoms with van der Waals surface area (Å²) >= 11 is 0. The molecule has 4 fully saturated rings. The molecule has 2 amide bonds. The molecule has 1 N–H and O–H groups in total. The third-order valence-corrected chi connectivity index (χ3v) is 7.42. The van der Waals surface area contributed by atoms with E-state index in [0.29, 0.717) is 17.2 Å². The van der Waals surface area contributed by atoms with Crippen LogP contribution in [0.15, 0.2) is 24.3 Å². The summed E-state index contributed by atoms with van der Waals surface area (Å²) in [6.45, 7) is 6.86. The third kappa shape index (κ3) is 2.81. The average molecular weight is 383 g/mol. The molecule has 0 aromatic heterocycles. The highest BCUT2D eigenvalue weighted by Crippen LogP contribution is 2.52. The van der Waals surface area contributed by atoms with E-state index in [1.54, 1.807) is 6.07 Å². The largest absolute Gasteiger partial charge is 0.467 e. The lowest BCUT2D eigenvalue weighted by Crippen LogP contribution is -2.67. The molecule has 1 aromatic rings. The summed E-state index contributed by atoms with van der Waals surface area (Å²) in [6, 6.07) is 7.46. The van der Waals surface area contributed by atoms with Crippen LogP contribution in [0.4, 0.5) is 0 Å². The molecule has 2 bridgehead atoms. The standard InChI is InChI=1S/C22H29N3O3/c1-2-24-9-11-25(12-10-24)21(27)18-13-16-8-7-15(18)14-22(16)23-20(26)17-5-3-4-6-19(17)28-22/h3-6,15-16,18H,2,7-14H2,1H3,(H,23,26)/t15-,16+,18+,22+/m0/s1. The van der Waals surface area contributed by atoms with Gasteiger partial charge < -0.3 is 19.9 Å². The quantitative estimate of drug-likeness (QED) is 0.850. The molecular formula is C22H29N3O3. The predicted octanol–water partition coefficient (Wildman–Crippen LogP) is 2.11. The van der Waals surface area contributed by atoms with Crippen LogP contribution in [0, 0.1) is 17.8 Å². The number of likely N-dealkylation sites (N-methyl/N-ethyl adjacent to an activating group) is 1. The van der Waals surface area contributed by atoms with Crippen molar-refractivity contribution in [1.82, 2.24) is 15.1 Å². The molecule has 6 nitrogen and oxygen atoms in total. The molecule has 1 saturated heterocycles. The second kappa shape index (κ2) is 6.76. The number of fused-ring (bicyclic) bond motifs is 3. The number of rotatable bonds is 2. The minimum absolute atomic E-state index is 0.0482. The molecule has 3 aliphatic carbocycles. The highest BCUT2D eigenvalue weighted by molar-refractivity contribution is 5.98. The van der Waals surface area contributed by atoms with E-state index in [4.69, 9.17) is 4.74 Å². The van der Waals surface area contributed by atoms with Gasteiger partial charge in [0.1, 0.15) is 5.75 Å². The number of ether oxygens (including phenoxy) is 1. The van der Waals surface area contributed by atoms with E-state index in [1.807, 2.05) is 18.2 Å². The molecule has 150 valence electrons. The van der Waals surface area contributed by atoms with Gasteiger partial charge in [-0.1, -0.05) is 19.1 Å². The smallest absolute Gasteiger partial charge is 0.258 e. The predicted molar refractivity (Wildman–Crippen MR) is 105 cm³/mol. The summed E-state index contributed by atoms with van der Waals surface area (Å²) < 4.78 is 6.40. The van der Waals surface area contributed by atoms with Gasteiger partial charge >= 0.3 is 0 Å². The number of nitrogens with one attached hydrogen (secondary N) is 1. The van der Waals surface area contributed by atoms with Crippen molar-refractivity contribution in [3.05, 3.63) is 29.8 Å². The van der Waals surface area contributed by atoms with E-state index in [2.05, 4.69) is 22.0 Å². The van der Waals surface area contributed by atoms with E-state index in [1.165, 1.54) is 0 Å². The summed E-state index contributed by atoms with van der Waals surface area (Å²) in [5.41, 5.74) is -0.0255. The number of piperazine rings is 1. The number of amides is 2. The van der Waals surface area contributed by atoms with Gasteiger partial charge in [0.05, 0.1) is 5.56 Å². The normalized spacial score (nSPS) is 34.7. The van der Waals surface area contributed by atoms with Gasteiger partial charge in [-0.2, -0.15) is 0 Å². The van der Waals surface area contributed by atoms with Crippen LogP contribution in [0.1, 0.15) is 43.0 Å². The van der Waals surface area contributed by atoms with Crippen molar-refractivity contribution in [3.63, 3.8) is 0 Å². The maximum atomic E-state index is 13.3. The zero-order valence-electron chi connectivity index (χ0n) is 16.5. The zero-order valence-corrected chi connectivity index (χ0v) is 16.5. The summed E-state index contributed by atoms with van der Waals surface area (Å²) in [7, 11) is 0. The monoisotopic (exact) mass is 383 g/mol. The van der Waals surface area contributed by atoms with Crippen LogP contribution in [0.3, 0.4) is 0 Å². The second-order valence-corrected chi connectivity index (χ2v) is 8.78. The molecule has 1 aromatic carbocycles. The Morgan fingerprint density at radius 3 is 2.71 bits per heavy atom. The van der Waals surface area contributed by atoms with E-state index in [-0.39, 0.29) is 23.7 Å². The van der Waals surface area contributed by atoms with Crippen LogP contribution in [-0.4, -0.2) is 60.1 Å². The molecule has 4 atom stereocenters. The van der Waals surface area contributed by atoms with Gasteiger partial charge in [-0.25, -0.2) is 0 Å². The van der Waals surface area contributed by atoms with Crippen molar-refractivity contribution < 1.29 is 14.3 Å². The number of carbonyl (C=O) groups is 2. The topological polar surface area (TPSA) is 61.9 Å². The Hall–Kier alpha value is -2.08. The Morgan fingerprint density at radius 1 is 1.21 bits per heavy atom. The zero-order chi connectivity index (χ0) is 19.3. The van der Waals surface area contributed by atoms with Crippen LogP contribution in [-0.2, 0) is 4.79 Å². The lowest BCUT2D eigenvalue weighted by atomic mass is 9.59. The molecule has 0 radical (unpaired) electrons. The Balaban J connectivity index is 1.32. The van der Waals surface area contributed by atoms with Gasteiger partial charge in [0.15, 0.2) is 5.72 Å². The fourth-order valence-electron chi connectivity index (χ4n) is 5.78. The van der Waals surface area contributed by atoms with E-state index >= 15 is 0 Å². The Morgan fingerprint density at radius 2 is 2.00 bits per heavy atom. The van der Waals surface area contributed by atoms with Crippen LogP contribution >= 0.6 is 0 Å². The SMILES string of the molecule is CCN1CCN(C(=O)[C@@H]2C[C@H]3CC[C@H]2C[C@]32NC(=O)c3ccccc3O2)CC1. The summed E-state index contributed by atoms with van der Waals surface area (Å²) in [4.78, 5) is 30.4. The molecular weight excluding hydrogens is 354 g/mol. The fraction of sp³-hybridized carbons (Fsp3) is 0.636. The first-order valence-corrected chi connectivity index (χ1v) is 10.7. The Bertz CT molecular complexity index is 789. The van der Waals surface area contributed by atoms with Crippen molar-refractivity contribution in [2.24, 2.45) is 17.8 Å². The van der Waals surface area contributed by atoms with Crippen LogP contribution < -0.4 is 10.1 Å². The van der Waals surface area contributed by atoms with Gasteiger partial charge in [0.25, 0.3) is 5.91 Å². The molecule has 0 unspecified atom stereocenters. The lowest BCUT2D eigenvalue weighted by Gasteiger charge is -2.55. The summed E-state index contributed by atoms with van der Waals surface area (Å²) in [5.74, 6) is 1.51. The molecule has 28 heavy (non-hydrogen) atoms. The van der Waals surface area contributed by atoms with Crippen molar-refractivity contribution in [2.45, 2.75) is 38.3 Å². The molecule has 2 aliphatic heterocycles. The molecule has 5 aliphatic rings. The van der Waals surface area contributed by atoms with Crippen molar-refractivity contribution in [1.29, 1.82) is 0 Å². The summed E-state index contributed by atoms with van der Waals surface area (Å²) in [5, 5.41) is 3.18. The highest BCUT2D eigenvalue weighted by atomic mass is 16.5.